The van der Waals surface area contributed by atoms with E-state index in [9.17, 15) is 24.8 Å². The monoisotopic (exact) mass is 347 g/mol. The van der Waals surface area contributed by atoms with E-state index >= 15 is 0 Å². The summed E-state index contributed by atoms with van der Waals surface area (Å²) in [5.74, 6) is -0.681. The second-order valence-electron chi connectivity index (χ2n) is 6.46. The molecule has 0 bridgehead atoms. The van der Waals surface area contributed by atoms with E-state index in [2.05, 4.69) is 0 Å². The van der Waals surface area contributed by atoms with Gasteiger partial charge in [0.1, 0.15) is 0 Å². The standard InChI is InChI=1S/C17H21N3O5/c21-9-7-12-4-1-2-8-18(12)15-11-16(22)19(17(15)23)13-5-3-6-14(10-13)20(24)25/h3,5-6,10,12,15,21H,1-2,4,7-9,11H2. The zero-order valence-corrected chi connectivity index (χ0v) is 13.8. The molecule has 0 aromatic heterocycles. The highest BCUT2D eigenvalue weighted by molar-refractivity contribution is 6.22. The van der Waals surface area contributed by atoms with E-state index in [1.165, 1.54) is 24.3 Å². The number of carbonyl (C=O) groups excluding carboxylic acids is 2. The number of nitrogens with zero attached hydrogens (tertiary/aromatic N) is 3. The Morgan fingerprint density at radius 1 is 1.28 bits per heavy atom. The average Bonchev–Trinajstić information content (AvgIpc) is 2.90. The molecular formula is C17H21N3O5. The first-order valence-electron chi connectivity index (χ1n) is 8.51. The Kier molecular flexibility index (Phi) is 5.10. The summed E-state index contributed by atoms with van der Waals surface area (Å²) in [6, 6.07) is 5.12. The Hall–Kier alpha value is -2.32. The molecule has 2 unspecified atom stereocenters. The van der Waals surface area contributed by atoms with E-state index in [4.69, 9.17) is 0 Å². The number of anilines is 1. The molecule has 0 aliphatic carbocycles. The summed E-state index contributed by atoms with van der Waals surface area (Å²) in [5.41, 5.74) is 0.0834. The number of nitro benzene ring substituents is 1. The number of hydrogen-bond acceptors (Lipinski definition) is 6. The van der Waals surface area contributed by atoms with E-state index in [1.807, 2.05) is 4.90 Å². The number of non-ortho nitro benzene ring substituents is 1. The predicted molar refractivity (Wildman–Crippen MR) is 90.0 cm³/mol. The van der Waals surface area contributed by atoms with E-state index < -0.39 is 11.0 Å². The van der Waals surface area contributed by atoms with Gasteiger partial charge in [-0.05, 0) is 31.9 Å². The molecule has 1 aromatic carbocycles. The highest BCUT2D eigenvalue weighted by atomic mass is 16.6. The van der Waals surface area contributed by atoms with Crippen LogP contribution < -0.4 is 4.90 Å². The number of nitro groups is 1. The molecule has 2 aliphatic heterocycles. The predicted octanol–water partition coefficient (Wildman–Crippen LogP) is 1.46. The van der Waals surface area contributed by atoms with Gasteiger partial charge < -0.3 is 5.11 Å². The maximum absolute atomic E-state index is 12.9. The van der Waals surface area contributed by atoms with Crippen molar-refractivity contribution in [2.24, 2.45) is 0 Å². The number of likely N-dealkylation sites (tertiary alicyclic amines) is 1. The second-order valence-corrected chi connectivity index (χ2v) is 6.46. The Morgan fingerprint density at radius 3 is 2.80 bits per heavy atom. The number of carbonyl (C=O) groups is 2. The first-order chi connectivity index (χ1) is 12.0. The van der Waals surface area contributed by atoms with E-state index in [1.54, 1.807) is 0 Å². The molecule has 2 heterocycles. The van der Waals surface area contributed by atoms with Crippen molar-refractivity contribution < 1.29 is 19.6 Å². The van der Waals surface area contributed by atoms with Crippen LogP contribution in [0.2, 0.25) is 0 Å². The summed E-state index contributed by atoms with van der Waals surface area (Å²) in [4.78, 5) is 38.8. The van der Waals surface area contributed by atoms with Crippen LogP contribution >= 0.6 is 0 Å². The highest BCUT2D eigenvalue weighted by Crippen LogP contribution is 2.31. The summed E-state index contributed by atoms with van der Waals surface area (Å²) in [6.45, 7) is 0.766. The molecule has 3 rings (SSSR count). The normalized spacial score (nSPS) is 24.8. The third kappa shape index (κ3) is 3.40. The third-order valence-electron chi connectivity index (χ3n) is 4.96. The van der Waals surface area contributed by atoms with Crippen LogP contribution in [0.25, 0.3) is 0 Å². The number of amides is 2. The van der Waals surface area contributed by atoms with E-state index in [0.29, 0.717) is 6.42 Å². The van der Waals surface area contributed by atoms with Crippen molar-refractivity contribution in [2.45, 2.75) is 44.2 Å². The molecule has 8 heteroatoms. The van der Waals surface area contributed by atoms with Gasteiger partial charge in [-0.3, -0.25) is 24.6 Å². The fourth-order valence-electron chi connectivity index (χ4n) is 3.78. The van der Waals surface area contributed by atoms with Gasteiger partial charge in [-0.2, -0.15) is 0 Å². The van der Waals surface area contributed by atoms with Crippen molar-refractivity contribution in [2.75, 3.05) is 18.1 Å². The van der Waals surface area contributed by atoms with Crippen molar-refractivity contribution in [3.63, 3.8) is 0 Å². The maximum Gasteiger partial charge on any atom is 0.271 e. The van der Waals surface area contributed by atoms with Crippen LogP contribution in [0.5, 0.6) is 0 Å². The first-order valence-corrected chi connectivity index (χ1v) is 8.51. The van der Waals surface area contributed by atoms with Crippen LogP contribution in [0.15, 0.2) is 24.3 Å². The average molecular weight is 347 g/mol. The smallest absolute Gasteiger partial charge is 0.271 e. The van der Waals surface area contributed by atoms with Gasteiger partial charge in [0.25, 0.3) is 11.6 Å². The number of aliphatic hydroxyl groups is 1. The van der Waals surface area contributed by atoms with Crippen LogP contribution in [-0.4, -0.2) is 52.0 Å². The van der Waals surface area contributed by atoms with E-state index in [-0.39, 0.29) is 42.3 Å². The van der Waals surface area contributed by atoms with Crippen molar-refractivity contribution >= 4 is 23.2 Å². The number of piperidine rings is 1. The van der Waals surface area contributed by atoms with Crippen LogP contribution in [0.1, 0.15) is 32.1 Å². The molecule has 0 spiro atoms. The quantitative estimate of drug-likeness (QED) is 0.491. The SMILES string of the molecule is O=C1CC(N2CCCCC2CCO)C(=O)N1c1cccc([N+](=O)[O-])c1. The topological polar surface area (TPSA) is 104 Å². The fraction of sp³-hybridized carbons (Fsp3) is 0.529. The lowest BCUT2D eigenvalue weighted by Crippen LogP contribution is -2.50. The number of rotatable bonds is 5. The largest absolute Gasteiger partial charge is 0.396 e. The van der Waals surface area contributed by atoms with Gasteiger partial charge in [-0.15, -0.1) is 0 Å². The lowest BCUT2D eigenvalue weighted by atomic mass is 9.97. The van der Waals surface area contributed by atoms with Gasteiger partial charge in [0.2, 0.25) is 5.91 Å². The van der Waals surface area contributed by atoms with Crippen LogP contribution in [0, 0.1) is 10.1 Å². The van der Waals surface area contributed by atoms with Gasteiger partial charge in [-0.25, -0.2) is 4.90 Å². The van der Waals surface area contributed by atoms with Crippen molar-refractivity contribution in [1.82, 2.24) is 4.90 Å². The molecule has 0 saturated carbocycles. The summed E-state index contributed by atoms with van der Waals surface area (Å²) < 4.78 is 0. The second kappa shape index (κ2) is 7.28. The van der Waals surface area contributed by atoms with Gasteiger partial charge >= 0.3 is 0 Å². The summed E-state index contributed by atoms with van der Waals surface area (Å²) >= 11 is 0. The van der Waals surface area contributed by atoms with Crippen molar-refractivity contribution in [1.29, 1.82) is 0 Å². The molecule has 0 radical (unpaired) electrons. The Balaban J connectivity index is 1.84. The number of imide groups is 1. The minimum atomic E-state index is -0.552. The van der Waals surface area contributed by atoms with E-state index in [0.717, 1.165) is 30.7 Å². The maximum atomic E-state index is 12.9. The van der Waals surface area contributed by atoms with Gasteiger partial charge in [0.15, 0.2) is 0 Å². The summed E-state index contributed by atoms with van der Waals surface area (Å²) in [6.07, 6.45) is 3.55. The highest BCUT2D eigenvalue weighted by Gasteiger charge is 2.45. The fourth-order valence-corrected chi connectivity index (χ4v) is 3.78. The van der Waals surface area contributed by atoms with Gasteiger partial charge in [-0.1, -0.05) is 12.5 Å². The number of benzene rings is 1. The third-order valence-corrected chi connectivity index (χ3v) is 4.96. The van der Waals surface area contributed by atoms with Crippen molar-refractivity contribution in [3.8, 4) is 0 Å². The molecular weight excluding hydrogens is 326 g/mol. The van der Waals surface area contributed by atoms with Crippen molar-refractivity contribution in [3.05, 3.63) is 34.4 Å². The Bertz CT molecular complexity index is 691. The lowest BCUT2D eigenvalue weighted by molar-refractivity contribution is -0.384. The molecule has 2 fully saturated rings. The van der Waals surface area contributed by atoms with Gasteiger partial charge in [0.05, 0.1) is 23.1 Å². The summed E-state index contributed by atoms with van der Waals surface area (Å²) in [5, 5.41) is 20.2. The minimum absolute atomic E-state index is 0.0462. The van der Waals surface area contributed by atoms with Crippen LogP contribution in [-0.2, 0) is 9.59 Å². The zero-order valence-electron chi connectivity index (χ0n) is 13.8. The molecule has 2 amide bonds. The Morgan fingerprint density at radius 2 is 2.08 bits per heavy atom. The number of aliphatic hydroxyl groups excluding tert-OH is 1. The zero-order chi connectivity index (χ0) is 18.0. The molecule has 8 nitrogen and oxygen atoms in total. The van der Waals surface area contributed by atoms with Gasteiger partial charge in [0, 0.05) is 24.8 Å². The van der Waals surface area contributed by atoms with Crippen LogP contribution in [0.3, 0.4) is 0 Å². The first kappa shape index (κ1) is 17.5. The molecule has 1 N–H and O–H groups in total. The molecule has 2 saturated heterocycles. The Labute approximate surface area is 145 Å². The molecule has 134 valence electrons. The summed E-state index contributed by atoms with van der Waals surface area (Å²) in [7, 11) is 0. The number of hydrogen-bond donors (Lipinski definition) is 1. The molecule has 25 heavy (non-hydrogen) atoms. The molecule has 2 aliphatic rings. The lowest BCUT2D eigenvalue weighted by Gasteiger charge is -2.38. The minimum Gasteiger partial charge on any atom is -0.396 e. The van der Waals surface area contributed by atoms with Crippen LogP contribution in [0.4, 0.5) is 11.4 Å². The molecule has 2 atom stereocenters. The molecule has 1 aromatic rings.